The number of esters is 1. The molecule has 0 aliphatic carbocycles. The number of rotatable bonds is 6. The largest absolute Gasteiger partial charge is 0.465 e. The number of thiophene rings is 1. The second-order valence-corrected chi connectivity index (χ2v) is 6.36. The third kappa shape index (κ3) is 4.51. The lowest BCUT2D eigenvalue weighted by Gasteiger charge is -2.37. The molecule has 23 heavy (non-hydrogen) atoms. The van der Waals surface area contributed by atoms with Crippen LogP contribution in [0.25, 0.3) is 0 Å². The number of nitrogens with one attached hydrogen (secondary N) is 1. The van der Waals surface area contributed by atoms with Crippen molar-refractivity contribution < 1.29 is 19.1 Å². The van der Waals surface area contributed by atoms with Crippen LogP contribution in [0.15, 0.2) is 11.4 Å². The summed E-state index contributed by atoms with van der Waals surface area (Å²) < 4.78 is 10.1. The van der Waals surface area contributed by atoms with Crippen molar-refractivity contribution in [3.8, 4) is 0 Å². The van der Waals surface area contributed by atoms with Gasteiger partial charge in [-0.3, -0.25) is 9.69 Å². The molecule has 8 heteroatoms. The quantitative estimate of drug-likeness (QED) is 0.747. The van der Waals surface area contributed by atoms with E-state index in [4.69, 9.17) is 15.2 Å². The fourth-order valence-corrected chi connectivity index (χ4v) is 3.53. The van der Waals surface area contributed by atoms with Gasteiger partial charge in [0.1, 0.15) is 4.88 Å². The molecule has 1 aliphatic heterocycles. The average Bonchev–Trinajstić information content (AvgIpc) is 3.02. The highest BCUT2D eigenvalue weighted by molar-refractivity contribution is 7.12. The summed E-state index contributed by atoms with van der Waals surface area (Å²) in [5.74, 6) is -0.612. The van der Waals surface area contributed by atoms with E-state index >= 15 is 0 Å². The molecule has 1 aromatic heterocycles. The van der Waals surface area contributed by atoms with E-state index in [9.17, 15) is 9.59 Å². The van der Waals surface area contributed by atoms with E-state index in [0.717, 1.165) is 19.4 Å². The first-order chi connectivity index (χ1) is 11.1. The Labute approximate surface area is 139 Å². The zero-order valence-electron chi connectivity index (χ0n) is 13.4. The van der Waals surface area contributed by atoms with Gasteiger partial charge in [0.05, 0.1) is 25.4 Å². The van der Waals surface area contributed by atoms with Gasteiger partial charge in [-0.25, -0.2) is 4.79 Å². The molecular formula is C15H23N3O4S. The van der Waals surface area contributed by atoms with E-state index in [1.165, 1.54) is 18.4 Å². The topological polar surface area (TPSA) is 93.9 Å². The Bertz CT molecular complexity index is 549. The number of hydrogen-bond acceptors (Lipinski definition) is 7. The van der Waals surface area contributed by atoms with Crippen LogP contribution in [0.2, 0.25) is 0 Å². The van der Waals surface area contributed by atoms with E-state index in [1.54, 1.807) is 18.6 Å². The van der Waals surface area contributed by atoms with Gasteiger partial charge in [0.2, 0.25) is 5.91 Å². The number of piperidine rings is 1. The summed E-state index contributed by atoms with van der Waals surface area (Å²) in [5.41, 5.74) is 6.30. The van der Waals surface area contributed by atoms with Gasteiger partial charge in [0, 0.05) is 26.2 Å². The molecule has 0 aromatic carbocycles. The smallest absolute Gasteiger partial charge is 0.350 e. The van der Waals surface area contributed by atoms with Gasteiger partial charge >= 0.3 is 5.97 Å². The van der Waals surface area contributed by atoms with Gasteiger partial charge in [-0.1, -0.05) is 0 Å². The van der Waals surface area contributed by atoms with Crippen LogP contribution in [0.1, 0.15) is 22.5 Å². The first-order valence-corrected chi connectivity index (χ1v) is 8.39. The van der Waals surface area contributed by atoms with Crippen molar-refractivity contribution in [2.24, 2.45) is 5.73 Å². The molecule has 0 saturated carbocycles. The molecule has 0 spiro atoms. The minimum absolute atomic E-state index is 0.127. The van der Waals surface area contributed by atoms with E-state index in [0.29, 0.717) is 17.1 Å². The normalized spacial score (nSPS) is 21.9. The second kappa shape index (κ2) is 8.39. The van der Waals surface area contributed by atoms with E-state index in [1.807, 2.05) is 0 Å². The lowest BCUT2D eigenvalue weighted by atomic mass is 9.99. The summed E-state index contributed by atoms with van der Waals surface area (Å²) in [5, 5.41) is 4.52. The fraction of sp³-hybridized carbons (Fsp3) is 0.600. The van der Waals surface area contributed by atoms with Crippen LogP contribution < -0.4 is 11.1 Å². The van der Waals surface area contributed by atoms with Crippen LogP contribution in [0.5, 0.6) is 0 Å². The Morgan fingerprint density at radius 1 is 1.48 bits per heavy atom. The Kier molecular flexibility index (Phi) is 6.52. The number of anilines is 1. The molecule has 1 aromatic rings. The maximum absolute atomic E-state index is 12.3. The van der Waals surface area contributed by atoms with E-state index in [2.05, 4.69) is 10.2 Å². The molecule has 1 aliphatic rings. The number of methoxy groups -OCH3 is 2. The number of amides is 1. The van der Waals surface area contributed by atoms with Gasteiger partial charge in [0.15, 0.2) is 0 Å². The summed E-state index contributed by atoms with van der Waals surface area (Å²) in [4.78, 5) is 26.4. The van der Waals surface area contributed by atoms with E-state index in [-0.39, 0.29) is 24.6 Å². The molecule has 2 heterocycles. The van der Waals surface area contributed by atoms with E-state index < -0.39 is 5.97 Å². The van der Waals surface area contributed by atoms with Crippen LogP contribution in [0, 0.1) is 0 Å². The maximum Gasteiger partial charge on any atom is 0.350 e. The van der Waals surface area contributed by atoms with Crippen LogP contribution in [0.4, 0.5) is 5.69 Å². The molecule has 0 bridgehead atoms. The Morgan fingerprint density at radius 3 is 2.91 bits per heavy atom. The molecule has 2 rings (SSSR count). The Balaban J connectivity index is 1.94. The highest BCUT2D eigenvalue weighted by Crippen LogP contribution is 2.24. The standard InChI is InChI=1S/C15H23N3O4S/c1-21-11-3-5-18(10(7-11)8-16)9-13(19)17-12-4-6-23-14(12)15(20)22-2/h4,6,10-11H,3,5,7-9,16H2,1-2H3,(H,17,19). The number of nitrogens with zero attached hydrogens (tertiary/aromatic N) is 1. The molecule has 2 atom stereocenters. The van der Waals surface area contributed by atoms with Crippen LogP contribution in [0.3, 0.4) is 0 Å². The molecule has 1 fully saturated rings. The minimum atomic E-state index is -0.448. The zero-order valence-corrected chi connectivity index (χ0v) is 14.2. The number of carbonyl (C=O) groups is 2. The van der Waals surface area contributed by atoms with Crippen molar-refractivity contribution in [3.63, 3.8) is 0 Å². The summed E-state index contributed by atoms with van der Waals surface area (Å²) >= 11 is 1.24. The van der Waals surface area contributed by atoms with Crippen LogP contribution in [-0.2, 0) is 14.3 Å². The number of likely N-dealkylation sites (tertiary alicyclic amines) is 1. The van der Waals surface area contributed by atoms with Gasteiger partial charge < -0.3 is 20.5 Å². The third-order valence-electron chi connectivity index (χ3n) is 4.05. The molecule has 7 nitrogen and oxygen atoms in total. The molecular weight excluding hydrogens is 318 g/mol. The third-order valence-corrected chi connectivity index (χ3v) is 4.95. The number of carbonyl (C=O) groups excluding carboxylic acids is 2. The Morgan fingerprint density at radius 2 is 2.26 bits per heavy atom. The monoisotopic (exact) mass is 341 g/mol. The van der Waals surface area contributed by atoms with Crippen molar-refractivity contribution >= 4 is 28.9 Å². The zero-order chi connectivity index (χ0) is 16.8. The summed E-state index contributed by atoms with van der Waals surface area (Å²) in [6, 6.07) is 1.83. The lowest BCUT2D eigenvalue weighted by molar-refractivity contribution is -0.118. The molecule has 1 saturated heterocycles. The van der Waals surface area contributed by atoms with Crippen molar-refractivity contribution in [1.82, 2.24) is 4.90 Å². The molecule has 3 N–H and O–H groups in total. The molecule has 2 unspecified atom stereocenters. The molecule has 0 radical (unpaired) electrons. The Hall–Kier alpha value is -1.48. The summed E-state index contributed by atoms with van der Waals surface area (Å²) in [7, 11) is 3.02. The SMILES string of the molecule is COC(=O)c1sccc1NC(=O)CN1CCC(OC)CC1CN. The number of nitrogens with two attached hydrogens (primary N) is 1. The van der Waals surface area contributed by atoms with Gasteiger partial charge in [-0.05, 0) is 24.3 Å². The highest BCUT2D eigenvalue weighted by atomic mass is 32.1. The van der Waals surface area contributed by atoms with Gasteiger partial charge in [-0.15, -0.1) is 11.3 Å². The van der Waals surface area contributed by atoms with Crippen molar-refractivity contribution in [3.05, 3.63) is 16.3 Å². The highest BCUT2D eigenvalue weighted by Gasteiger charge is 2.29. The van der Waals surface area contributed by atoms with Crippen molar-refractivity contribution in [1.29, 1.82) is 0 Å². The minimum Gasteiger partial charge on any atom is -0.465 e. The van der Waals surface area contributed by atoms with Gasteiger partial charge in [0.25, 0.3) is 0 Å². The number of ether oxygens (including phenoxy) is 2. The molecule has 128 valence electrons. The molecule has 1 amide bonds. The summed E-state index contributed by atoms with van der Waals surface area (Å²) in [6.45, 7) is 1.50. The first-order valence-electron chi connectivity index (χ1n) is 7.51. The number of hydrogen-bond donors (Lipinski definition) is 2. The van der Waals surface area contributed by atoms with Crippen LogP contribution in [-0.4, -0.2) is 62.8 Å². The van der Waals surface area contributed by atoms with Gasteiger partial charge in [-0.2, -0.15) is 0 Å². The fourth-order valence-electron chi connectivity index (χ4n) is 2.76. The predicted octanol–water partition coefficient (Wildman–Crippen LogP) is 0.911. The predicted molar refractivity (Wildman–Crippen MR) is 88.7 cm³/mol. The first kappa shape index (κ1) is 17.9. The second-order valence-electron chi connectivity index (χ2n) is 5.45. The lowest BCUT2D eigenvalue weighted by Crippen LogP contribution is -2.51. The van der Waals surface area contributed by atoms with Crippen molar-refractivity contribution in [2.45, 2.75) is 25.0 Å². The summed E-state index contributed by atoms with van der Waals surface area (Å²) in [6.07, 6.45) is 1.91. The van der Waals surface area contributed by atoms with Crippen molar-refractivity contribution in [2.75, 3.05) is 39.2 Å². The maximum atomic E-state index is 12.3. The van der Waals surface area contributed by atoms with Crippen LogP contribution >= 0.6 is 11.3 Å². The average molecular weight is 341 g/mol.